The minimum Gasteiger partial charge on any atom is -0.496 e. The molecule has 0 aliphatic carbocycles. The third kappa shape index (κ3) is 2.68. The van der Waals surface area contributed by atoms with E-state index in [1.165, 1.54) is 5.56 Å². The maximum absolute atomic E-state index is 5.36. The van der Waals surface area contributed by atoms with Gasteiger partial charge in [0.25, 0.3) is 0 Å². The molecule has 17 heavy (non-hydrogen) atoms. The lowest BCUT2D eigenvalue weighted by Crippen LogP contribution is -2.18. The molecule has 0 amide bonds. The van der Waals surface area contributed by atoms with Crippen molar-refractivity contribution in [3.8, 4) is 5.75 Å². The molecule has 0 fully saturated rings. The lowest BCUT2D eigenvalue weighted by atomic mass is 10.0. The van der Waals surface area contributed by atoms with Gasteiger partial charge < -0.3 is 14.5 Å². The quantitative estimate of drug-likeness (QED) is 0.859. The molecule has 1 atom stereocenters. The fourth-order valence-electron chi connectivity index (χ4n) is 1.95. The number of likely N-dealkylation sites (N-methyl/N-ethyl adjacent to an activating group) is 1. The number of ether oxygens (including phenoxy) is 1. The lowest BCUT2D eigenvalue weighted by Gasteiger charge is -2.16. The normalized spacial score (nSPS) is 12.4. The summed E-state index contributed by atoms with van der Waals surface area (Å²) in [6.07, 6.45) is 4.35. The Morgan fingerprint density at radius 3 is 2.76 bits per heavy atom. The van der Waals surface area contributed by atoms with Gasteiger partial charge in [-0.2, -0.15) is 0 Å². The summed E-state index contributed by atoms with van der Waals surface area (Å²) in [5.41, 5.74) is 2.34. The second kappa shape index (κ2) is 5.55. The number of hydrogen-bond acceptors (Lipinski definition) is 3. The fourth-order valence-corrected chi connectivity index (χ4v) is 1.95. The highest BCUT2D eigenvalue weighted by molar-refractivity contribution is 5.34. The van der Waals surface area contributed by atoms with Crippen LogP contribution in [0.15, 0.2) is 47.3 Å². The zero-order chi connectivity index (χ0) is 12.1. The van der Waals surface area contributed by atoms with Gasteiger partial charge in [-0.05, 0) is 31.2 Å². The Labute approximate surface area is 101 Å². The van der Waals surface area contributed by atoms with Gasteiger partial charge in [0.2, 0.25) is 0 Å². The third-order valence-electron chi connectivity index (χ3n) is 2.91. The van der Waals surface area contributed by atoms with Gasteiger partial charge in [-0.3, -0.25) is 0 Å². The molecule has 3 heteroatoms. The molecule has 0 saturated carbocycles. The monoisotopic (exact) mass is 231 g/mol. The molecule has 0 radical (unpaired) electrons. The van der Waals surface area contributed by atoms with Crippen LogP contribution in [0.4, 0.5) is 0 Å². The largest absolute Gasteiger partial charge is 0.496 e. The molecule has 0 aliphatic heterocycles. The average Bonchev–Trinajstić information content (AvgIpc) is 2.90. The minimum absolute atomic E-state index is 0.241. The van der Waals surface area contributed by atoms with Crippen molar-refractivity contribution in [3.63, 3.8) is 0 Å². The zero-order valence-corrected chi connectivity index (χ0v) is 10.1. The maximum atomic E-state index is 5.36. The van der Waals surface area contributed by atoms with Crippen molar-refractivity contribution in [1.82, 2.24) is 5.32 Å². The Morgan fingerprint density at radius 2 is 2.12 bits per heavy atom. The van der Waals surface area contributed by atoms with Crippen molar-refractivity contribution >= 4 is 0 Å². The van der Waals surface area contributed by atoms with Crippen molar-refractivity contribution in [2.24, 2.45) is 0 Å². The number of para-hydroxylation sites is 1. The van der Waals surface area contributed by atoms with Crippen LogP contribution in [0, 0.1) is 0 Å². The number of hydrogen-bond donors (Lipinski definition) is 1. The second-order valence-electron chi connectivity index (χ2n) is 3.91. The first kappa shape index (κ1) is 11.7. The van der Waals surface area contributed by atoms with E-state index < -0.39 is 0 Å². The fraction of sp³-hybridized carbons (Fsp3) is 0.286. The van der Waals surface area contributed by atoms with Gasteiger partial charge >= 0.3 is 0 Å². The molecule has 2 aromatic rings. The summed E-state index contributed by atoms with van der Waals surface area (Å²) in [6, 6.07) is 10.3. The minimum atomic E-state index is 0.241. The van der Waals surface area contributed by atoms with E-state index in [-0.39, 0.29) is 6.04 Å². The molecule has 3 nitrogen and oxygen atoms in total. The Kier molecular flexibility index (Phi) is 3.83. The van der Waals surface area contributed by atoms with E-state index in [0.29, 0.717) is 0 Å². The van der Waals surface area contributed by atoms with Gasteiger partial charge in [-0.25, -0.2) is 0 Å². The van der Waals surface area contributed by atoms with Gasteiger partial charge in [0.15, 0.2) is 0 Å². The van der Waals surface area contributed by atoms with Crippen LogP contribution in [0.5, 0.6) is 5.75 Å². The number of nitrogens with one attached hydrogen (secondary N) is 1. The van der Waals surface area contributed by atoms with E-state index in [4.69, 9.17) is 9.15 Å². The van der Waals surface area contributed by atoms with E-state index in [1.54, 1.807) is 19.6 Å². The molecule has 0 spiro atoms. The summed E-state index contributed by atoms with van der Waals surface area (Å²) in [5.74, 6) is 0.927. The number of rotatable bonds is 5. The summed E-state index contributed by atoms with van der Waals surface area (Å²) in [6.45, 7) is 0. The summed E-state index contributed by atoms with van der Waals surface area (Å²) >= 11 is 0. The SMILES string of the molecule is CNC(Cc1ccccc1OC)c1ccoc1. The van der Waals surface area contributed by atoms with Crippen LogP contribution in [-0.2, 0) is 6.42 Å². The first-order chi connectivity index (χ1) is 8.35. The summed E-state index contributed by atoms with van der Waals surface area (Å²) < 4.78 is 10.5. The molecule has 0 saturated heterocycles. The zero-order valence-electron chi connectivity index (χ0n) is 10.1. The Balaban J connectivity index is 2.18. The predicted octanol–water partition coefficient (Wildman–Crippen LogP) is 2.79. The smallest absolute Gasteiger partial charge is 0.122 e. The first-order valence-corrected chi connectivity index (χ1v) is 5.66. The van der Waals surface area contributed by atoms with E-state index in [1.807, 2.05) is 31.3 Å². The van der Waals surface area contributed by atoms with Gasteiger partial charge in [0.1, 0.15) is 5.75 Å². The molecule has 0 aliphatic rings. The van der Waals surface area contributed by atoms with Gasteiger partial charge in [-0.1, -0.05) is 18.2 Å². The number of benzene rings is 1. The van der Waals surface area contributed by atoms with Crippen molar-refractivity contribution in [1.29, 1.82) is 0 Å². The molecule has 1 N–H and O–H groups in total. The number of methoxy groups -OCH3 is 1. The average molecular weight is 231 g/mol. The van der Waals surface area contributed by atoms with Gasteiger partial charge in [-0.15, -0.1) is 0 Å². The van der Waals surface area contributed by atoms with Gasteiger partial charge in [0.05, 0.1) is 19.6 Å². The van der Waals surface area contributed by atoms with Crippen molar-refractivity contribution < 1.29 is 9.15 Å². The van der Waals surface area contributed by atoms with Gasteiger partial charge in [0, 0.05) is 11.6 Å². The van der Waals surface area contributed by atoms with Crippen LogP contribution in [-0.4, -0.2) is 14.2 Å². The van der Waals surface area contributed by atoms with E-state index in [0.717, 1.165) is 17.7 Å². The highest BCUT2D eigenvalue weighted by Crippen LogP contribution is 2.24. The van der Waals surface area contributed by atoms with Crippen LogP contribution >= 0.6 is 0 Å². The van der Waals surface area contributed by atoms with Crippen molar-refractivity contribution in [2.45, 2.75) is 12.5 Å². The van der Waals surface area contributed by atoms with Crippen LogP contribution in [0.2, 0.25) is 0 Å². The molecule has 0 bridgehead atoms. The molecule has 1 unspecified atom stereocenters. The van der Waals surface area contributed by atoms with E-state index in [9.17, 15) is 0 Å². The van der Waals surface area contributed by atoms with E-state index >= 15 is 0 Å². The highest BCUT2D eigenvalue weighted by Gasteiger charge is 2.13. The Hall–Kier alpha value is -1.74. The Morgan fingerprint density at radius 1 is 1.29 bits per heavy atom. The highest BCUT2D eigenvalue weighted by atomic mass is 16.5. The summed E-state index contributed by atoms with van der Waals surface area (Å²) in [7, 11) is 3.65. The van der Waals surface area contributed by atoms with Crippen LogP contribution in [0.1, 0.15) is 17.2 Å². The molecule has 1 heterocycles. The summed E-state index contributed by atoms with van der Waals surface area (Å²) in [5, 5.41) is 3.29. The van der Waals surface area contributed by atoms with Crippen LogP contribution < -0.4 is 10.1 Å². The molecule has 1 aromatic carbocycles. The standard InChI is InChI=1S/C14H17NO2/c1-15-13(12-7-8-17-10-12)9-11-5-3-4-6-14(11)16-2/h3-8,10,13,15H,9H2,1-2H3. The number of furan rings is 1. The lowest BCUT2D eigenvalue weighted by molar-refractivity contribution is 0.406. The van der Waals surface area contributed by atoms with Crippen LogP contribution in [0.3, 0.4) is 0 Å². The van der Waals surface area contributed by atoms with Crippen molar-refractivity contribution in [2.75, 3.05) is 14.2 Å². The Bertz CT molecular complexity index is 451. The van der Waals surface area contributed by atoms with Crippen molar-refractivity contribution in [3.05, 3.63) is 54.0 Å². The first-order valence-electron chi connectivity index (χ1n) is 5.66. The molecule has 90 valence electrons. The third-order valence-corrected chi connectivity index (χ3v) is 2.91. The van der Waals surface area contributed by atoms with E-state index in [2.05, 4.69) is 11.4 Å². The second-order valence-corrected chi connectivity index (χ2v) is 3.91. The maximum Gasteiger partial charge on any atom is 0.122 e. The predicted molar refractivity (Wildman–Crippen MR) is 67.2 cm³/mol. The summed E-state index contributed by atoms with van der Waals surface area (Å²) in [4.78, 5) is 0. The molecular formula is C14H17NO2. The van der Waals surface area contributed by atoms with Crippen LogP contribution in [0.25, 0.3) is 0 Å². The molecular weight excluding hydrogens is 214 g/mol. The topological polar surface area (TPSA) is 34.4 Å². The molecule has 2 rings (SSSR count). The molecule has 1 aromatic heterocycles.